The Balaban J connectivity index is 1.92. The summed E-state index contributed by atoms with van der Waals surface area (Å²) in [5.74, 6) is -0.153. The fourth-order valence-corrected chi connectivity index (χ4v) is 2.87. The maximum absolute atomic E-state index is 13.7. The van der Waals surface area contributed by atoms with E-state index in [0.717, 1.165) is 22.0 Å². The van der Waals surface area contributed by atoms with Gasteiger partial charge in [-0.25, -0.2) is 14.4 Å². The van der Waals surface area contributed by atoms with E-state index >= 15 is 0 Å². The van der Waals surface area contributed by atoms with Crippen LogP contribution in [0.5, 0.6) is 0 Å². The molecule has 0 bridgehead atoms. The number of pyridine rings is 1. The first kappa shape index (κ1) is 15.7. The fraction of sp³-hybridized carbons (Fsp3) is 0. The lowest BCUT2D eigenvalue weighted by Gasteiger charge is -2.10. The lowest BCUT2D eigenvalue weighted by atomic mass is 9.97. The van der Waals surface area contributed by atoms with Crippen molar-refractivity contribution in [1.29, 1.82) is 5.26 Å². The Morgan fingerprint density at radius 1 is 0.962 bits per heavy atom. The molecule has 0 atom stereocenters. The van der Waals surface area contributed by atoms with Crippen LogP contribution in [0.3, 0.4) is 0 Å². The summed E-state index contributed by atoms with van der Waals surface area (Å²) >= 11 is 0. The molecule has 0 unspecified atom stereocenters. The Bertz CT molecular complexity index is 1180. The quantitative estimate of drug-likeness (QED) is 0.596. The zero-order chi connectivity index (χ0) is 18.1. The minimum atomic E-state index is -0.552. The van der Waals surface area contributed by atoms with Crippen LogP contribution in [0.15, 0.2) is 61.1 Å². The molecule has 26 heavy (non-hydrogen) atoms. The number of fused-ring (bicyclic) bond motifs is 1. The maximum Gasteiger partial charge on any atom is 0.140 e. The third kappa shape index (κ3) is 2.62. The van der Waals surface area contributed by atoms with Gasteiger partial charge in [0.15, 0.2) is 0 Å². The van der Waals surface area contributed by atoms with E-state index < -0.39 is 5.82 Å². The van der Waals surface area contributed by atoms with Gasteiger partial charge in [0.25, 0.3) is 0 Å². The summed E-state index contributed by atoms with van der Waals surface area (Å²) in [4.78, 5) is 12.7. The molecule has 5 nitrogen and oxygen atoms in total. The molecular weight excluding hydrogens is 329 g/mol. The highest BCUT2D eigenvalue weighted by Crippen LogP contribution is 2.33. The van der Waals surface area contributed by atoms with Gasteiger partial charge < -0.3 is 5.73 Å². The second-order valence-electron chi connectivity index (χ2n) is 5.70. The van der Waals surface area contributed by atoms with E-state index in [1.54, 1.807) is 12.3 Å². The van der Waals surface area contributed by atoms with Crippen LogP contribution in [0.1, 0.15) is 5.56 Å². The number of nitrogens with zero attached hydrogens (tertiary/aromatic N) is 4. The average Bonchev–Trinajstić information content (AvgIpc) is 2.68. The van der Waals surface area contributed by atoms with Crippen LogP contribution in [-0.4, -0.2) is 15.0 Å². The van der Waals surface area contributed by atoms with Crippen molar-refractivity contribution < 1.29 is 4.39 Å². The molecule has 0 radical (unpaired) electrons. The van der Waals surface area contributed by atoms with Crippen LogP contribution in [0.25, 0.3) is 33.3 Å². The van der Waals surface area contributed by atoms with Crippen LogP contribution in [-0.2, 0) is 0 Å². The Kier molecular flexibility index (Phi) is 3.75. The van der Waals surface area contributed by atoms with Crippen LogP contribution < -0.4 is 5.73 Å². The number of hydrogen-bond acceptors (Lipinski definition) is 5. The molecule has 6 heteroatoms. The average molecular weight is 341 g/mol. The number of nitrogen functional groups attached to an aromatic ring is 1. The molecule has 0 saturated carbocycles. The molecule has 0 aliphatic carbocycles. The van der Waals surface area contributed by atoms with Gasteiger partial charge in [0.05, 0.1) is 16.8 Å². The molecule has 0 fully saturated rings. The van der Waals surface area contributed by atoms with Gasteiger partial charge in [-0.05, 0) is 42.0 Å². The molecule has 2 N–H and O–H groups in total. The number of rotatable bonds is 2. The van der Waals surface area contributed by atoms with E-state index in [0.29, 0.717) is 17.1 Å². The van der Waals surface area contributed by atoms with E-state index in [2.05, 4.69) is 15.0 Å². The van der Waals surface area contributed by atoms with Crippen molar-refractivity contribution in [2.75, 3.05) is 5.73 Å². The van der Waals surface area contributed by atoms with Crippen molar-refractivity contribution in [1.82, 2.24) is 15.0 Å². The van der Waals surface area contributed by atoms with Crippen LogP contribution in [0.4, 0.5) is 10.2 Å². The third-order valence-electron chi connectivity index (χ3n) is 4.15. The number of anilines is 1. The van der Waals surface area contributed by atoms with Crippen molar-refractivity contribution in [2.45, 2.75) is 0 Å². The van der Waals surface area contributed by atoms with Gasteiger partial charge in [0, 0.05) is 22.7 Å². The molecule has 2 aromatic carbocycles. The van der Waals surface area contributed by atoms with Crippen LogP contribution >= 0.6 is 0 Å². The Morgan fingerprint density at radius 3 is 2.65 bits per heavy atom. The van der Waals surface area contributed by atoms with E-state index in [1.165, 1.54) is 18.5 Å². The topological polar surface area (TPSA) is 88.5 Å². The zero-order valence-electron chi connectivity index (χ0n) is 13.5. The van der Waals surface area contributed by atoms with Crippen molar-refractivity contribution in [3.8, 4) is 28.5 Å². The number of halogens is 1. The molecule has 4 aromatic rings. The number of benzene rings is 2. The summed E-state index contributed by atoms with van der Waals surface area (Å²) in [5.41, 5.74) is 9.73. The second-order valence-corrected chi connectivity index (χ2v) is 5.70. The Morgan fingerprint density at radius 2 is 1.81 bits per heavy atom. The summed E-state index contributed by atoms with van der Waals surface area (Å²) in [7, 11) is 0. The molecule has 0 spiro atoms. The summed E-state index contributed by atoms with van der Waals surface area (Å²) in [5, 5.41) is 9.83. The van der Waals surface area contributed by atoms with E-state index in [9.17, 15) is 4.39 Å². The van der Waals surface area contributed by atoms with Crippen molar-refractivity contribution in [2.24, 2.45) is 0 Å². The molecule has 0 aliphatic rings. The molecule has 0 aliphatic heterocycles. The molecule has 2 heterocycles. The lowest BCUT2D eigenvalue weighted by molar-refractivity contribution is 0.624. The summed E-state index contributed by atoms with van der Waals surface area (Å²) < 4.78 is 13.7. The largest absolute Gasteiger partial charge is 0.383 e. The first-order valence-electron chi connectivity index (χ1n) is 7.83. The summed E-state index contributed by atoms with van der Waals surface area (Å²) in [6, 6.07) is 15.7. The van der Waals surface area contributed by atoms with Crippen LogP contribution in [0.2, 0.25) is 0 Å². The molecular formula is C20H12FN5. The highest BCUT2D eigenvalue weighted by atomic mass is 19.1. The van der Waals surface area contributed by atoms with Gasteiger partial charge in [0.2, 0.25) is 0 Å². The summed E-state index contributed by atoms with van der Waals surface area (Å²) in [6.45, 7) is 0. The van der Waals surface area contributed by atoms with Crippen molar-refractivity contribution in [3.63, 3.8) is 0 Å². The first-order chi connectivity index (χ1) is 12.7. The second kappa shape index (κ2) is 6.22. The Hall–Kier alpha value is -3.85. The minimum Gasteiger partial charge on any atom is -0.383 e. The molecule has 2 aromatic heterocycles. The van der Waals surface area contributed by atoms with E-state index in [1.807, 2.05) is 36.4 Å². The zero-order valence-corrected chi connectivity index (χ0v) is 13.5. The van der Waals surface area contributed by atoms with Gasteiger partial charge in [-0.1, -0.05) is 12.1 Å². The third-order valence-corrected chi connectivity index (χ3v) is 4.15. The fourth-order valence-electron chi connectivity index (χ4n) is 2.87. The first-order valence-corrected chi connectivity index (χ1v) is 7.83. The standard InChI is InChI=1S/C20H12FN5/c21-17-5-3-13(8-14(17)10-22)19-15(2-1-7-24-19)12-4-6-18-16(9-12)20(23)26-11-25-18/h1-9,11H,(H2,23,25,26). The smallest absolute Gasteiger partial charge is 0.140 e. The number of aromatic nitrogens is 3. The normalized spacial score (nSPS) is 10.6. The van der Waals surface area contributed by atoms with Gasteiger partial charge in [0.1, 0.15) is 24.0 Å². The molecule has 0 saturated heterocycles. The van der Waals surface area contributed by atoms with Gasteiger partial charge in [-0.2, -0.15) is 5.26 Å². The minimum absolute atomic E-state index is 0.0183. The number of nitriles is 1. The molecule has 0 amide bonds. The van der Waals surface area contributed by atoms with Gasteiger partial charge >= 0.3 is 0 Å². The Labute approximate surface area is 148 Å². The summed E-state index contributed by atoms with van der Waals surface area (Å²) in [6.07, 6.45) is 3.08. The monoisotopic (exact) mass is 341 g/mol. The highest BCUT2D eigenvalue weighted by molar-refractivity contribution is 5.93. The number of nitrogens with two attached hydrogens (primary N) is 1. The lowest BCUT2D eigenvalue weighted by Crippen LogP contribution is -1.95. The number of hydrogen-bond donors (Lipinski definition) is 1. The van der Waals surface area contributed by atoms with Crippen molar-refractivity contribution >= 4 is 16.7 Å². The molecule has 124 valence electrons. The van der Waals surface area contributed by atoms with Crippen LogP contribution in [0, 0.1) is 17.1 Å². The maximum atomic E-state index is 13.7. The highest BCUT2D eigenvalue weighted by Gasteiger charge is 2.12. The predicted molar refractivity (Wildman–Crippen MR) is 97.3 cm³/mol. The van der Waals surface area contributed by atoms with E-state index in [-0.39, 0.29) is 5.56 Å². The van der Waals surface area contributed by atoms with E-state index in [4.69, 9.17) is 11.0 Å². The SMILES string of the molecule is N#Cc1cc(-c2ncccc2-c2ccc3ncnc(N)c3c2)ccc1F. The predicted octanol–water partition coefficient (Wildman–Crippen LogP) is 3.95. The van der Waals surface area contributed by atoms with Gasteiger partial charge in [-0.15, -0.1) is 0 Å². The van der Waals surface area contributed by atoms with Gasteiger partial charge in [-0.3, -0.25) is 4.98 Å². The molecule has 4 rings (SSSR count). The van der Waals surface area contributed by atoms with Crippen molar-refractivity contribution in [3.05, 3.63) is 72.4 Å².